The third-order valence-electron chi connectivity index (χ3n) is 2.23. The largest absolute Gasteiger partial charge is 0.481 e. The van der Waals surface area contributed by atoms with Gasteiger partial charge >= 0.3 is 5.97 Å². The highest BCUT2D eigenvalue weighted by atomic mass is 19.3. The Morgan fingerprint density at radius 2 is 2.08 bits per heavy atom. The maximum Gasteiger partial charge on any atom is 0.306 e. The standard InChI is InChI=1S/C8H12F2O2/c1-5-2-6(7(11)12)4-8(9,10)3-5/h5-6H,2-4H2,1H3,(H,11,12). The zero-order valence-electron chi connectivity index (χ0n) is 6.89. The summed E-state index contributed by atoms with van der Waals surface area (Å²) in [7, 11) is 0. The van der Waals surface area contributed by atoms with Crippen LogP contribution in [-0.4, -0.2) is 17.0 Å². The van der Waals surface area contributed by atoms with E-state index in [1.165, 1.54) is 0 Å². The van der Waals surface area contributed by atoms with E-state index >= 15 is 0 Å². The van der Waals surface area contributed by atoms with E-state index in [4.69, 9.17) is 5.11 Å². The first-order valence-electron chi connectivity index (χ1n) is 4.01. The lowest BCUT2D eigenvalue weighted by Crippen LogP contribution is -2.34. The van der Waals surface area contributed by atoms with Crippen molar-refractivity contribution in [2.24, 2.45) is 11.8 Å². The summed E-state index contributed by atoms with van der Waals surface area (Å²) in [6.45, 7) is 1.67. The van der Waals surface area contributed by atoms with Gasteiger partial charge in [-0.15, -0.1) is 0 Å². The summed E-state index contributed by atoms with van der Waals surface area (Å²) < 4.78 is 25.6. The van der Waals surface area contributed by atoms with Gasteiger partial charge in [0.05, 0.1) is 5.92 Å². The molecule has 0 spiro atoms. The minimum absolute atomic E-state index is 0.170. The highest BCUT2D eigenvalue weighted by Crippen LogP contribution is 2.39. The fraction of sp³-hybridized carbons (Fsp3) is 0.875. The van der Waals surface area contributed by atoms with Crippen LogP contribution >= 0.6 is 0 Å². The molecule has 2 unspecified atom stereocenters. The molecular formula is C8H12F2O2. The number of carboxylic acid groups (broad SMARTS) is 1. The lowest BCUT2D eigenvalue weighted by Gasteiger charge is -2.30. The van der Waals surface area contributed by atoms with Gasteiger partial charge in [-0.25, -0.2) is 8.78 Å². The first-order valence-corrected chi connectivity index (χ1v) is 4.01. The van der Waals surface area contributed by atoms with Crippen molar-refractivity contribution >= 4 is 5.97 Å². The van der Waals surface area contributed by atoms with Crippen molar-refractivity contribution in [2.75, 3.05) is 0 Å². The summed E-state index contributed by atoms with van der Waals surface area (Å²) in [6.07, 6.45) is -0.283. The quantitative estimate of drug-likeness (QED) is 0.667. The summed E-state index contributed by atoms with van der Waals surface area (Å²) >= 11 is 0. The number of halogens is 2. The zero-order valence-corrected chi connectivity index (χ0v) is 6.89. The Morgan fingerprint density at radius 1 is 1.50 bits per heavy atom. The Balaban J connectivity index is 2.64. The van der Waals surface area contributed by atoms with Crippen molar-refractivity contribution in [3.63, 3.8) is 0 Å². The normalized spacial score (nSPS) is 34.6. The van der Waals surface area contributed by atoms with Crippen molar-refractivity contribution in [1.29, 1.82) is 0 Å². The smallest absolute Gasteiger partial charge is 0.306 e. The second-order valence-electron chi connectivity index (χ2n) is 3.64. The number of carbonyl (C=O) groups is 1. The predicted molar refractivity (Wildman–Crippen MR) is 39.1 cm³/mol. The molecule has 1 aliphatic carbocycles. The highest BCUT2D eigenvalue weighted by Gasteiger charge is 2.42. The Labute approximate surface area is 69.6 Å². The molecule has 0 aromatic rings. The van der Waals surface area contributed by atoms with E-state index in [0.717, 1.165) is 0 Å². The Hall–Kier alpha value is -0.670. The third-order valence-corrected chi connectivity index (χ3v) is 2.23. The van der Waals surface area contributed by atoms with Crippen LogP contribution in [0.25, 0.3) is 0 Å². The third kappa shape index (κ3) is 2.16. The van der Waals surface area contributed by atoms with Crippen LogP contribution in [0.4, 0.5) is 8.78 Å². The number of hydrogen-bond acceptors (Lipinski definition) is 1. The fourth-order valence-corrected chi connectivity index (χ4v) is 1.79. The Morgan fingerprint density at radius 3 is 2.50 bits per heavy atom. The molecule has 0 aromatic heterocycles. The fourth-order valence-electron chi connectivity index (χ4n) is 1.79. The van der Waals surface area contributed by atoms with Crippen LogP contribution in [0.1, 0.15) is 26.2 Å². The van der Waals surface area contributed by atoms with Crippen LogP contribution in [0.3, 0.4) is 0 Å². The molecule has 0 bridgehead atoms. The average Bonchev–Trinajstić information content (AvgIpc) is 1.82. The summed E-state index contributed by atoms with van der Waals surface area (Å²) in [6, 6.07) is 0. The van der Waals surface area contributed by atoms with Crippen LogP contribution in [0.15, 0.2) is 0 Å². The lowest BCUT2D eigenvalue weighted by molar-refractivity contribution is -0.151. The topological polar surface area (TPSA) is 37.3 Å². The van der Waals surface area contributed by atoms with Gasteiger partial charge < -0.3 is 5.11 Å². The molecule has 1 saturated carbocycles. The maximum absolute atomic E-state index is 12.8. The minimum atomic E-state index is -2.78. The van der Waals surface area contributed by atoms with E-state index in [2.05, 4.69) is 0 Å². The first kappa shape index (κ1) is 9.42. The van der Waals surface area contributed by atoms with E-state index < -0.39 is 24.2 Å². The van der Waals surface area contributed by atoms with Crippen LogP contribution < -0.4 is 0 Å². The number of carboxylic acids is 1. The van der Waals surface area contributed by atoms with Gasteiger partial charge in [-0.3, -0.25) is 4.79 Å². The molecule has 12 heavy (non-hydrogen) atoms. The van der Waals surface area contributed by atoms with Crippen molar-refractivity contribution in [3.8, 4) is 0 Å². The molecule has 70 valence electrons. The molecule has 0 amide bonds. The van der Waals surface area contributed by atoms with E-state index in [0.29, 0.717) is 6.42 Å². The van der Waals surface area contributed by atoms with Gasteiger partial charge in [0, 0.05) is 12.8 Å². The maximum atomic E-state index is 12.8. The molecule has 1 fully saturated rings. The van der Waals surface area contributed by atoms with E-state index in [1.807, 2.05) is 0 Å². The molecule has 0 radical (unpaired) electrons. The SMILES string of the molecule is CC1CC(C(=O)O)CC(F)(F)C1. The number of aliphatic carboxylic acids is 1. The zero-order chi connectivity index (χ0) is 9.35. The second kappa shape index (κ2) is 2.99. The van der Waals surface area contributed by atoms with Crippen LogP contribution in [0, 0.1) is 11.8 Å². The average molecular weight is 178 g/mol. The van der Waals surface area contributed by atoms with Gasteiger partial charge in [-0.1, -0.05) is 6.92 Å². The van der Waals surface area contributed by atoms with Gasteiger partial charge in [0.2, 0.25) is 5.92 Å². The molecule has 4 heteroatoms. The lowest BCUT2D eigenvalue weighted by atomic mass is 9.80. The minimum Gasteiger partial charge on any atom is -0.481 e. The summed E-state index contributed by atoms with van der Waals surface area (Å²) in [5.74, 6) is -4.92. The Kier molecular flexibility index (Phi) is 2.35. The Bertz CT molecular complexity index is 191. The van der Waals surface area contributed by atoms with Gasteiger partial charge in [-0.05, 0) is 12.3 Å². The van der Waals surface area contributed by atoms with E-state index in [9.17, 15) is 13.6 Å². The van der Waals surface area contributed by atoms with Crippen LogP contribution in [-0.2, 0) is 4.79 Å². The highest BCUT2D eigenvalue weighted by molar-refractivity contribution is 5.70. The van der Waals surface area contributed by atoms with Crippen molar-refractivity contribution in [2.45, 2.75) is 32.1 Å². The molecule has 1 N–H and O–H groups in total. The van der Waals surface area contributed by atoms with Gasteiger partial charge in [0.25, 0.3) is 0 Å². The van der Waals surface area contributed by atoms with Crippen molar-refractivity contribution in [1.82, 2.24) is 0 Å². The molecule has 0 aliphatic heterocycles. The van der Waals surface area contributed by atoms with Crippen molar-refractivity contribution < 1.29 is 18.7 Å². The first-order chi connectivity index (χ1) is 5.41. The van der Waals surface area contributed by atoms with Crippen molar-refractivity contribution in [3.05, 3.63) is 0 Å². The molecule has 1 rings (SSSR count). The van der Waals surface area contributed by atoms with E-state index in [1.54, 1.807) is 6.92 Å². The number of rotatable bonds is 1. The summed E-state index contributed by atoms with van der Waals surface area (Å²) in [5.41, 5.74) is 0. The molecule has 1 aliphatic rings. The number of hydrogen-bond donors (Lipinski definition) is 1. The number of alkyl halides is 2. The molecule has 2 atom stereocenters. The van der Waals surface area contributed by atoms with Gasteiger partial charge in [-0.2, -0.15) is 0 Å². The monoisotopic (exact) mass is 178 g/mol. The molecule has 0 heterocycles. The van der Waals surface area contributed by atoms with Crippen LogP contribution in [0.5, 0.6) is 0 Å². The van der Waals surface area contributed by atoms with Gasteiger partial charge in [0.1, 0.15) is 0 Å². The molecule has 0 saturated heterocycles. The summed E-state index contributed by atoms with van der Waals surface area (Å²) in [5, 5.41) is 8.55. The van der Waals surface area contributed by atoms with Gasteiger partial charge in [0.15, 0.2) is 0 Å². The molecular weight excluding hydrogens is 166 g/mol. The molecule has 0 aromatic carbocycles. The molecule has 2 nitrogen and oxygen atoms in total. The summed E-state index contributed by atoms with van der Waals surface area (Å²) in [4.78, 5) is 10.5. The van der Waals surface area contributed by atoms with E-state index in [-0.39, 0.29) is 12.3 Å². The second-order valence-corrected chi connectivity index (χ2v) is 3.64. The predicted octanol–water partition coefficient (Wildman–Crippen LogP) is 2.14. The van der Waals surface area contributed by atoms with Crippen LogP contribution in [0.2, 0.25) is 0 Å².